The van der Waals surface area contributed by atoms with E-state index in [4.69, 9.17) is 4.74 Å². The maximum absolute atomic E-state index is 13.4. The molecule has 1 saturated carbocycles. The molecule has 0 spiro atoms. The van der Waals surface area contributed by atoms with Crippen LogP contribution in [0.3, 0.4) is 0 Å². The molecule has 1 heterocycles. The smallest absolute Gasteiger partial charge is 0.410 e. The quantitative estimate of drug-likeness (QED) is 0.444. The molecule has 1 N–H and O–H groups in total. The molecule has 1 aromatic carbocycles. The number of rotatable bonds is 6. The SMILES string of the molecule is CC(C)(C)OC(=O)N1CCN(CCN(CC2=CCC3CC2C3(C)C)C(=O)Nc2ccc(Br)cc2)CC1. The van der Waals surface area contributed by atoms with E-state index in [2.05, 4.69) is 46.1 Å². The van der Waals surface area contributed by atoms with Gasteiger partial charge in [-0.15, -0.1) is 0 Å². The Morgan fingerprint density at radius 1 is 1.14 bits per heavy atom. The van der Waals surface area contributed by atoms with Crippen LogP contribution in [0.15, 0.2) is 40.4 Å². The number of fused-ring (bicyclic) bond motifs is 1. The highest BCUT2D eigenvalue weighted by atomic mass is 79.9. The van der Waals surface area contributed by atoms with Gasteiger partial charge in [0, 0.05) is 56.0 Å². The molecule has 1 aromatic rings. The fraction of sp³-hybridized carbons (Fsp3) is 0.643. The van der Waals surface area contributed by atoms with Crippen molar-refractivity contribution in [2.24, 2.45) is 17.3 Å². The van der Waals surface area contributed by atoms with E-state index in [1.54, 1.807) is 4.90 Å². The molecule has 1 saturated heterocycles. The van der Waals surface area contributed by atoms with E-state index in [0.29, 0.717) is 37.5 Å². The molecular formula is C28H41BrN4O3. The number of amides is 3. The van der Waals surface area contributed by atoms with E-state index in [-0.39, 0.29) is 12.1 Å². The standard InChI is InChI=1S/C28H41BrN4O3/c1-27(2,3)36-26(35)32-15-12-31(13-16-32)14-17-33(25(34)30-23-10-8-22(29)9-11-23)19-20-6-7-21-18-24(20)28(21,4)5/h6,8-11,21,24H,7,12-19H2,1-5H3,(H,30,34). The van der Waals surface area contributed by atoms with Gasteiger partial charge >= 0.3 is 12.1 Å². The highest BCUT2D eigenvalue weighted by Crippen LogP contribution is 2.59. The third kappa shape index (κ3) is 6.43. The van der Waals surface area contributed by atoms with Crippen molar-refractivity contribution >= 4 is 33.7 Å². The number of ether oxygens (including phenoxy) is 1. The van der Waals surface area contributed by atoms with Gasteiger partial charge in [-0.2, -0.15) is 0 Å². The third-order valence-electron chi connectivity index (χ3n) is 8.05. The Morgan fingerprint density at radius 2 is 1.81 bits per heavy atom. The monoisotopic (exact) mass is 560 g/mol. The van der Waals surface area contributed by atoms with Gasteiger partial charge in [0.2, 0.25) is 0 Å². The zero-order chi connectivity index (χ0) is 26.1. The summed E-state index contributed by atoms with van der Waals surface area (Å²) in [4.78, 5) is 31.9. The first-order chi connectivity index (χ1) is 16.9. The van der Waals surface area contributed by atoms with Gasteiger partial charge in [-0.3, -0.25) is 4.90 Å². The maximum atomic E-state index is 13.4. The second kappa shape index (κ2) is 10.7. The molecule has 1 aliphatic heterocycles. The summed E-state index contributed by atoms with van der Waals surface area (Å²) in [5.74, 6) is 1.34. The number of nitrogens with one attached hydrogen (secondary N) is 1. The summed E-state index contributed by atoms with van der Waals surface area (Å²) in [6, 6.07) is 7.63. The first-order valence-corrected chi connectivity index (χ1v) is 13.9. The van der Waals surface area contributed by atoms with Crippen LogP contribution < -0.4 is 5.32 Å². The molecule has 5 rings (SSSR count). The van der Waals surface area contributed by atoms with Crippen molar-refractivity contribution in [2.45, 2.75) is 53.1 Å². The lowest BCUT2D eigenvalue weighted by molar-refractivity contribution is -0.00981. The van der Waals surface area contributed by atoms with Gasteiger partial charge in [0.05, 0.1) is 0 Å². The summed E-state index contributed by atoms with van der Waals surface area (Å²) >= 11 is 3.46. The predicted molar refractivity (Wildman–Crippen MR) is 147 cm³/mol. The van der Waals surface area contributed by atoms with E-state index < -0.39 is 5.60 Å². The molecule has 3 amide bonds. The second-order valence-electron chi connectivity index (χ2n) is 12.0. The summed E-state index contributed by atoms with van der Waals surface area (Å²) in [6.45, 7) is 15.3. The van der Waals surface area contributed by atoms with Gasteiger partial charge in [-0.05, 0) is 75.1 Å². The van der Waals surface area contributed by atoms with Gasteiger partial charge in [0.25, 0.3) is 0 Å². The number of nitrogens with zero attached hydrogens (tertiary/aromatic N) is 3. The first kappa shape index (κ1) is 27.0. The molecule has 4 aliphatic rings. The number of halogens is 1. The predicted octanol–water partition coefficient (Wildman–Crippen LogP) is 5.83. The Hall–Kier alpha value is -2.06. The van der Waals surface area contributed by atoms with E-state index in [1.165, 1.54) is 12.0 Å². The molecule has 36 heavy (non-hydrogen) atoms. The third-order valence-corrected chi connectivity index (χ3v) is 8.58. The Kier molecular flexibility index (Phi) is 8.05. The Morgan fingerprint density at radius 3 is 2.39 bits per heavy atom. The van der Waals surface area contributed by atoms with Crippen LogP contribution in [0.5, 0.6) is 0 Å². The van der Waals surface area contributed by atoms with Crippen molar-refractivity contribution in [1.82, 2.24) is 14.7 Å². The molecule has 2 atom stereocenters. The van der Waals surface area contributed by atoms with Crippen molar-refractivity contribution in [3.8, 4) is 0 Å². The van der Waals surface area contributed by atoms with Gasteiger partial charge in [-0.1, -0.05) is 41.4 Å². The van der Waals surface area contributed by atoms with Crippen LogP contribution in [0, 0.1) is 17.3 Å². The molecule has 0 aromatic heterocycles. The van der Waals surface area contributed by atoms with E-state index in [9.17, 15) is 9.59 Å². The van der Waals surface area contributed by atoms with Crippen LogP contribution in [0.25, 0.3) is 0 Å². The van der Waals surface area contributed by atoms with Crippen molar-refractivity contribution < 1.29 is 14.3 Å². The summed E-state index contributed by atoms with van der Waals surface area (Å²) in [5, 5.41) is 3.09. The van der Waals surface area contributed by atoms with Crippen LogP contribution in [0.1, 0.15) is 47.5 Å². The average molecular weight is 562 g/mol. The molecule has 8 heteroatoms. The number of benzene rings is 1. The molecule has 0 radical (unpaired) electrons. The van der Waals surface area contributed by atoms with Gasteiger partial charge in [0.15, 0.2) is 0 Å². The summed E-state index contributed by atoms with van der Waals surface area (Å²) in [6.07, 6.45) is 4.49. The summed E-state index contributed by atoms with van der Waals surface area (Å²) < 4.78 is 6.50. The molecular weight excluding hydrogens is 520 g/mol. The molecule has 2 fully saturated rings. The lowest BCUT2D eigenvalue weighted by atomic mass is 9.49. The zero-order valence-corrected chi connectivity index (χ0v) is 23.9. The number of allylic oxidation sites excluding steroid dienone is 1. The fourth-order valence-corrected chi connectivity index (χ4v) is 5.87. The number of urea groups is 1. The summed E-state index contributed by atoms with van der Waals surface area (Å²) in [7, 11) is 0. The number of hydrogen-bond acceptors (Lipinski definition) is 4. The first-order valence-electron chi connectivity index (χ1n) is 13.1. The number of carbonyl (C=O) groups is 2. The summed E-state index contributed by atoms with van der Waals surface area (Å²) in [5.41, 5.74) is 2.04. The molecule has 3 aliphatic carbocycles. The number of carbonyl (C=O) groups excluding carboxylic acids is 2. The Balaban J connectivity index is 1.36. The average Bonchev–Trinajstić information content (AvgIpc) is 2.82. The Labute approximate surface area is 224 Å². The highest BCUT2D eigenvalue weighted by molar-refractivity contribution is 9.10. The lowest BCUT2D eigenvalue weighted by Gasteiger charge is -2.57. The zero-order valence-electron chi connectivity index (χ0n) is 22.3. The molecule has 198 valence electrons. The minimum Gasteiger partial charge on any atom is -0.444 e. The van der Waals surface area contributed by atoms with Crippen LogP contribution in [-0.2, 0) is 4.74 Å². The van der Waals surface area contributed by atoms with Crippen LogP contribution in [0.2, 0.25) is 0 Å². The minimum atomic E-state index is -0.486. The number of piperazine rings is 1. The van der Waals surface area contributed by atoms with Crippen LogP contribution in [-0.4, -0.2) is 78.2 Å². The molecule has 2 bridgehead atoms. The highest BCUT2D eigenvalue weighted by Gasteiger charge is 2.51. The van der Waals surface area contributed by atoms with E-state index in [1.807, 2.05) is 49.9 Å². The maximum Gasteiger partial charge on any atom is 0.410 e. The minimum absolute atomic E-state index is 0.0649. The fourth-order valence-electron chi connectivity index (χ4n) is 5.61. The number of anilines is 1. The second-order valence-corrected chi connectivity index (χ2v) is 12.9. The van der Waals surface area contributed by atoms with Crippen molar-refractivity contribution in [1.29, 1.82) is 0 Å². The van der Waals surface area contributed by atoms with E-state index in [0.717, 1.165) is 42.1 Å². The van der Waals surface area contributed by atoms with Crippen molar-refractivity contribution in [3.05, 3.63) is 40.4 Å². The van der Waals surface area contributed by atoms with E-state index >= 15 is 0 Å². The van der Waals surface area contributed by atoms with Crippen molar-refractivity contribution in [2.75, 3.05) is 51.1 Å². The van der Waals surface area contributed by atoms with Gasteiger partial charge < -0.3 is 19.9 Å². The largest absolute Gasteiger partial charge is 0.444 e. The van der Waals surface area contributed by atoms with Gasteiger partial charge in [0.1, 0.15) is 5.60 Å². The molecule has 2 unspecified atom stereocenters. The molecule has 7 nitrogen and oxygen atoms in total. The van der Waals surface area contributed by atoms with Crippen molar-refractivity contribution in [3.63, 3.8) is 0 Å². The Bertz CT molecular complexity index is 978. The van der Waals surface area contributed by atoms with Gasteiger partial charge in [-0.25, -0.2) is 9.59 Å². The number of hydrogen-bond donors (Lipinski definition) is 1. The lowest BCUT2D eigenvalue weighted by Crippen LogP contribution is -2.53. The van der Waals surface area contributed by atoms with Crippen LogP contribution >= 0.6 is 15.9 Å². The normalized spacial score (nSPS) is 23.4. The topological polar surface area (TPSA) is 65.1 Å². The van der Waals surface area contributed by atoms with Crippen LogP contribution in [0.4, 0.5) is 15.3 Å².